The monoisotopic (exact) mass is 282 g/mol. The molecule has 19 heavy (non-hydrogen) atoms. The molecular weight excluding hydrogens is 268 g/mol. The molecule has 0 radical (unpaired) electrons. The van der Waals surface area contributed by atoms with Crippen molar-refractivity contribution in [2.75, 3.05) is 16.6 Å². The highest BCUT2D eigenvalue weighted by molar-refractivity contribution is 7.92. The van der Waals surface area contributed by atoms with Crippen molar-refractivity contribution >= 4 is 21.7 Å². The fourth-order valence-electron chi connectivity index (χ4n) is 1.47. The molecule has 0 amide bonds. The molecule has 1 aromatic heterocycles. The summed E-state index contributed by atoms with van der Waals surface area (Å²) in [5.74, 6) is 0.361. The Labute approximate surface area is 111 Å². The lowest BCUT2D eigenvalue weighted by Gasteiger charge is -2.06. The largest absolute Gasteiger partial charge is 0.385 e. The van der Waals surface area contributed by atoms with Crippen LogP contribution in [-0.4, -0.2) is 25.1 Å². The van der Waals surface area contributed by atoms with Crippen LogP contribution in [0.3, 0.4) is 0 Å². The number of anilines is 2. The smallest absolute Gasteiger partial charge is 0.335 e. The number of hydrogen-bond donors (Lipinski definition) is 2. The van der Waals surface area contributed by atoms with E-state index >= 15 is 0 Å². The van der Waals surface area contributed by atoms with Crippen molar-refractivity contribution in [1.29, 1.82) is 0 Å². The molecule has 0 saturated heterocycles. The van der Waals surface area contributed by atoms with Crippen molar-refractivity contribution in [1.82, 2.24) is 10.1 Å². The van der Waals surface area contributed by atoms with Crippen LogP contribution in [0, 0.1) is 6.92 Å². The number of nitrogens with one attached hydrogen (secondary N) is 2. The van der Waals surface area contributed by atoms with Crippen LogP contribution in [0.1, 0.15) is 12.7 Å². The van der Waals surface area contributed by atoms with Gasteiger partial charge >= 0.3 is 6.01 Å². The molecule has 2 rings (SSSR count). The molecule has 0 fully saturated rings. The minimum absolute atomic E-state index is 0.130. The minimum atomic E-state index is -3.71. The lowest BCUT2D eigenvalue weighted by molar-refractivity contribution is 0.429. The summed E-state index contributed by atoms with van der Waals surface area (Å²) in [4.78, 5) is 3.92. The molecule has 1 aromatic carbocycles. The predicted octanol–water partition coefficient (Wildman–Crippen LogP) is 1.61. The molecule has 0 aliphatic heterocycles. The lowest BCUT2D eigenvalue weighted by atomic mass is 10.3. The standard InChI is InChI=1S/C11H14N4O3S/c1-3-12-9-4-6-10(7-5-9)19(16,17)15-11-13-8(2)14-18-11/h4-7,12H,3H2,1-2H3,(H,13,14,15). The Bertz CT molecular complexity index is 649. The van der Waals surface area contributed by atoms with Crippen molar-refractivity contribution in [3.8, 4) is 0 Å². The Balaban J connectivity index is 2.19. The Morgan fingerprint density at radius 3 is 2.47 bits per heavy atom. The van der Waals surface area contributed by atoms with Gasteiger partial charge in [-0.3, -0.25) is 0 Å². The second kappa shape index (κ2) is 5.27. The molecule has 0 spiro atoms. The fraction of sp³-hybridized carbons (Fsp3) is 0.273. The van der Waals surface area contributed by atoms with Crippen LogP contribution >= 0.6 is 0 Å². The average molecular weight is 282 g/mol. The second-order valence-electron chi connectivity index (χ2n) is 3.81. The third-order valence-corrected chi connectivity index (χ3v) is 3.63. The van der Waals surface area contributed by atoms with E-state index in [4.69, 9.17) is 4.52 Å². The first-order chi connectivity index (χ1) is 9.01. The molecular formula is C11H14N4O3S. The van der Waals surface area contributed by atoms with Crippen LogP contribution in [0.2, 0.25) is 0 Å². The summed E-state index contributed by atoms with van der Waals surface area (Å²) in [6.07, 6.45) is 0. The highest BCUT2D eigenvalue weighted by atomic mass is 32.2. The van der Waals surface area contributed by atoms with Gasteiger partial charge in [0.1, 0.15) is 0 Å². The van der Waals surface area contributed by atoms with Crippen LogP contribution in [0.5, 0.6) is 0 Å². The van der Waals surface area contributed by atoms with E-state index in [1.165, 1.54) is 12.1 Å². The van der Waals surface area contributed by atoms with E-state index in [1.807, 2.05) is 6.92 Å². The maximum atomic E-state index is 12.0. The van der Waals surface area contributed by atoms with Crippen LogP contribution in [0.4, 0.5) is 11.7 Å². The highest BCUT2D eigenvalue weighted by Crippen LogP contribution is 2.17. The number of nitrogens with zero attached hydrogens (tertiary/aromatic N) is 2. The van der Waals surface area contributed by atoms with Crippen molar-refractivity contribution in [2.45, 2.75) is 18.7 Å². The summed E-state index contributed by atoms with van der Waals surface area (Å²) in [5.41, 5.74) is 0.857. The molecule has 102 valence electrons. The summed E-state index contributed by atoms with van der Waals surface area (Å²) in [7, 11) is -3.71. The van der Waals surface area contributed by atoms with E-state index in [-0.39, 0.29) is 10.9 Å². The summed E-state index contributed by atoms with van der Waals surface area (Å²) < 4.78 is 31.0. The minimum Gasteiger partial charge on any atom is -0.385 e. The quantitative estimate of drug-likeness (QED) is 0.864. The molecule has 0 unspecified atom stereocenters. The van der Waals surface area contributed by atoms with Gasteiger partial charge in [-0.15, -0.1) is 0 Å². The normalized spacial score (nSPS) is 11.3. The molecule has 0 saturated carbocycles. The van der Waals surface area contributed by atoms with Gasteiger partial charge in [-0.25, -0.2) is 13.1 Å². The van der Waals surface area contributed by atoms with Gasteiger partial charge in [-0.2, -0.15) is 4.98 Å². The first-order valence-corrected chi connectivity index (χ1v) is 7.16. The SMILES string of the molecule is CCNc1ccc(S(=O)(=O)Nc2nc(C)no2)cc1. The van der Waals surface area contributed by atoms with E-state index in [9.17, 15) is 8.42 Å². The van der Waals surface area contributed by atoms with Gasteiger partial charge in [0.15, 0.2) is 5.82 Å². The maximum Gasteiger partial charge on any atom is 0.335 e. The number of aromatic nitrogens is 2. The number of sulfonamides is 1. The van der Waals surface area contributed by atoms with Gasteiger partial charge in [-0.05, 0) is 38.1 Å². The molecule has 2 aromatic rings. The van der Waals surface area contributed by atoms with E-state index in [0.717, 1.165) is 12.2 Å². The average Bonchev–Trinajstić information content (AvgIpc) is 2.75. The Morgan fingerprint density at radius 2 is 1.95 bits per heavy atom. The molecule has 0 aliphatic carbocycles. The number of benzene rings is 1. The molecule has 1 heterocycles. The summed E-state index contributed by atoms with van der Waals surface area (Å²) in [6, 6.07) is 6.25. The van der Waals surface area contributed by atoms with Gasteiger partial charge in [0.25, 0.3) is 10.0 Å². The third-order valence-electron chi connectivity index (χ3n) is 2.29. The molecule has 0 atom stereocenters. The Hall–Kier alpha value is -2.09. The summed E-state index contributed by atoms with van der Waals surface area (Å²) in [5, 5.41) is 6.59. The van der Waals surface area contributed by atoms with E-state index < -0.39 is 10.0 Å². The molecule has 7 nitrogen and oxygen atoms in total. The van der Waals surface area contributed by atoms with Crippen LogP contribution in [0.15, 0.2) is 33.7 Å². The zero-order chi connectivity index (χ0) is 13.9. The zero-order valence-electron chi connectivity index (χ0n) is 10.5. The van der Waals surface area contributed by atoms with Crippen molar-refractivity contribution < 1.29 is 12.9 Å². The molecule has 2 N–H and O–H groups in total. The van der Waals surface area contributed by atoms with E-state index in [0.29, 0.717) is 5.82 Å². The summed E-state index contributed by atoms with van der Waals surface area (Å²) >= 11 is 0. The van der Waals surface area contributed by atoms with Crippen LogP contribution in [-0.2, 0) is 10.0 Å². The first-order valence-electron chi connectivity index (χ1n) is 5.68. The van der Waals surface area contributed by atoms with Crippen molar-refractivity contribution in [3.63, 3.8) is 0 Å². The second-order valence-corrected chi connectivity index (χ2v) is 5.49. The number of aryl methyl sites for hydroxylation is 1. The van der Waals surface area contributed by atoms with Crippen LogP contribution in [0.25, 0.3) is 0 Å². The van der Waals surface area contributed by atoms with E-state index in [2.05, 4.69) is 20.2 Å². The Morgan fingerprint density at radius 1 is 1.26 bits per heavy atom. The highest BCUT2D eigenvalue weighted by Gasteiger charge is 2.17. The zero-order valence-corrected chi connectivity index (χ0v) is 11.4. The van der Waals surface area contributed by atoms with Crippen molar-refractivity contribution in [3.05, 3.63) is 30.1 Å². The molecule has 0 aliphatic rings. The third kappa shape index (κ3) is 3.22. The number of rotatable bonds is 5. The lowest BCUT2D eigenvalue weighted by Crippen LogP contribution is -2.13. The van der Waals surface area contributed by atoms with Gasteiger partial charge in [0.05, 0.1) is 4.90 Å². The fourth-order valence-corrected chi connectivity index (χ4v) is 2.39. The van der Waals surface area contributed by atoms with Crippen molar-refractivity contribution in [2.24, 2.45) is 0 Å². The van der Waals surface area contributed by atoms with Gasteiger partial charge in [0, 0.05) is 12.2 Å². The van der Waals surface area contributed by atoms with Gasteiger partial charge < -0.3 is 9.84 Å². The first kappa shape index (κ1) is 13.3. The van der Waals surface area contributed by atoms with Gasteiger partial charge in [0.2, 0.25) is 0 Å². The molecule has 8 heteroatoms. The predicted molar refractivity (Wildman–Crippen MR) is 70.4 cm³/mol. The maximum absolute atomic E-state index is 12.0. The molecule has 0 bridgehead atoms. The topological polar surface area (TPSA) is 97.1 Å². The Kier molecular flexibility index (Phi) is 3.70. The van der Waals surface area contributed by atoms with Gasteiger partial charge in [-0.1, -0.05) is 5.16 Å². The van der Waals surface area contributed by atoms with E-state index in [1.54, 1.807) is 19.1 Å². The summed E-state index contributed by atoms with van der Waals surface area (Å²) in [6.45, 7) is 4.34. The van der Waals surface area contributed by atoms with Crippen LogP contribution < -0.4 is 10.0 Å². The number of hydrogen-bond acceptors (Lipinski definition) is 6.